The first-order valence-electron chi connectivity index (χ1n) is 7.50. The number of methoxy groups -OCH3 is 1. The fourth-order valence-corrected chi connectivity index (χ4v) is 5.03. The number of aromatic nitrogens is 1. The Morgan fingerprint density at radius 3 is 2.30 bits per heavy atom. The van der Waals surface area contributed by atoms with Gasteiger partial charge in [0.2, 0.25) is 0 Å². The molecule has 27 heavy (non-hydrogen) atoms. The van der Waals surface area contributed by atoms with Gasteiger partial charge in [0.15, 0.2) is 0 Å². The molecule has 0 N–H and O–H groups in total. The minimum absolute atomic E-state index is 0.0942. The molecular weight excluding hydrogens is 423 g/mol. The Balaban J connectivity index is 2.10. The van der Waals surface area contributed by atoms with Crippen LogP contribution in [0.15, 0.2) is 52.3 Å². The molecule has 0 atom stereocenters. The van der Waals surface area contributed by atoms with Crippen LogP contribution in [-0.4, -0.2) is 25.0 Å². The summed E-state index contributed by atoms with van der Waals surface area (Å²) >= 11 is 5.82. The highest BCUT2D eigenvalue weighted by molar-refractivity contribution is 8.00. The summed E-state index contributed by atoms with van der Waals surface area (Å²) in [6.07, 6.45) is 0. The van der Waals surface area contributed by atoms with Crippen LogP contribution < -0.4 is 4.74 Å². The van der Waals surface area contributed by atoms with Crippen molar-refractivity contribution in [1.29, 1.82) is 0 Å². The van der Waals surface area contributed by atoms with E-state index < -0.39 is 15.5 Å². The number of thioether (sulfide) groups is 1. The number of hydrogen-bond donors (Lipinski definition) is 0. The highest BCUT2D eigenvalue weighted by Gasteiger charge is 2.29. The van der Waals surface area contributed by atoms with Gasteiger partial charge in [-0.25, -0.2) is 12.4 Å². The van der Waals surface area contributed by atoms with Crippen molar-refractivity contribution in [2.45, 2.75) is 22.2 Å². The number of aryl methyl sites for hydroxylation is 1. The molecule has 1 heterocycles. The van der Waals surface area contributed by atoms with E-state index in [1.54, 1.807) is 19.1 Å². The van der Waals surface area contributed by atoms with Crippen molar-refractivity contribution >= 4 is 44.3 Å². The van der Waals surface area contributed by atoms with Gasteiger partial charge < -0.3 is 4.74 Å². The third-order valence-electron chi connectivity index (χ3n) is 3.80. The number of alkyl halides is 3. The van der Waals surface area contributed by atoms with Crippen molar-refractivity contribution in [2.24, 2.45) is 0 Å². The normalized spacial score (nSPS) is 12.5. The van der Waals surface area contributed by atoms with Gasteiger partial charge >= 0.3 is 5.51 Å². The van der Waals surface area contributed by atoms with E-state index in [4.69, 9.17) is 16.3 Å². The van der Waals surface area contributed by atoms with Crippen LogP contribution in [-0.2, 0) is 10.0 Å². The molecule has 0 aliphatic rings. The van der Waals surface area contributed by atoms with E-state index in [1.165, 1.54) is 13.2 Å². The van der Waals surface area contributed by atoms with Crippen LogP contribution >= 0.6 is 23.4 Å². The highest BCUT2D eigenvalue weighted by Crippen LogP contribution is 2.38. The highest BCUT2D eigenvalue weighted by atomic mass is 35.5. The first kappa shape index (κ1) is 19.9. The number of rotatable bonds is 4. The van der Waals surface area contributed by atoms with Gasteiger partial charge in [-0.2, -0.15) is 13.2 Å². The maximum Gasteiger partial charge on any atom is 0.446 e. The molecule has 0 fully saturated rings. The predicted octanol–water partition coefficient (Wildman–Crippen LogP) is 5.46. The van der Waals surface area contributed by atoms with Gasteiger partial charge in [0.05, 0.1) is 22.5 Å². The lowest BCUT2D eigenvalue weighted by Gasteiger charge is -2.12. The second kappa shape index (κ2) is 6.96. The van der Waals surface area contributed by atoms with E-state index in [0.29, 0.717) is 22.3 Å². The molecule has 0 unspecified atom stereocenters. The molecule has 0 aliphatic carbocycles. The van der Waals surface area contributed by atoms with Gasteiger partial charge in [-0.15, -0.1) is 0 Å². The molecular formula is C17H13ClF3NO3S2. The van der Waals surface area contributed by atoms with E-state index in [0.717, 1.165) is 28.2 Å². The second-order valence-electron chi connectivity index (χ2n) is 5.62. The lowest BCUT2D eigenvalue weighted by Crippen LogP contribution is -2.14. The smallest absolute Gasteiger partial charge is 0.446 e. The Labute approximate surface area is 162 Å². The van der Waals surface area contributed by atoms with Gasteiger partial charge in [-0.1, -0.05) is 11.6 Å². The molecule has 0 saturated carbocycles. The van der Waals surface area contributed by atoms with Crippen molar-refractivity contribution < 1.29 is 26.3 Å². The van der Waals surface area contributed by atoms with Crippen molar-refractivity contribution in [2.75, 3.05) is 7.11 Å². The molecule has 144 valence electrons. The Morgan fingerprint density at radius 2 is 1.74 bits per heavy atom. The molecule has 0 bridgehead atoms. The Kier molecular flexibility index (Phi) is 5.13. The minimum Gasteiger partial charge on any atom is -0.495 e. The molecule has 3 rings (SSSR count). The zero-order valence-electron chi connectivity index (χ0n) is 14.0. The van der Waals surface area contributed by atoms with Crippen LogP contribution in [0.2, 0.25) is 5.02 Å². The topological polar surface area (TPSA) is 48.3 Å². The first-order chi connectivity index (χ1) is 12.5. The number of benzene rings is 2. The summed E-state index contributed by atoms with van der Waals surface area (Å²) < 4.78 is 69.7. The summed E-state index contributed by atoms with van der Waals surface area (Å²) in [5, 5.41) is 0.859. The number of halogens is 4. The molecule has 0 radical (unpaired) electrons. The predicted molar refractivity (Wildman–Crippen MR) is 99.2 cm³/mol. The summed E-state index contributed by atoms with van der Waals surface area (Å²) in [5.74, 6) is 0.409. The van der Waals surface area contributed by atoms with E-state index >= 15 is 0 Å². The standard InChI is InChI=1S/C17H13ClF3NO3S2/c1-10-7-11-8-16(25-2)14(18)9-15(11)22(10)27(23,24)13-5-3-12(4-6-13)26-17(19,20)21/h3-9H,1-2H3. The van der Waals surface area contributed by atoms with E-state index in [1.807, 2.05) is 0 Å². The van der Waals surface area contributed by atoms with Gasteiger partial charge in [0, 0.05) is 16.0 Å². The largest absolute Gasteiger partial charge is 0.495 e. The molecule has 1 aromatic heterocycles. The Morgan fingerprint density at radius 1 is 1.11 bits per heavy atom. The molecule has 0 aliphatic heterocycles. The monoisotopic (exact) mass is 435 g/mol. The van der Waals surface area contributed by atoms with Crippen LogP contribution in [0.5, 0.6) is 5.75 Å². The Bertz CT molecular complexity index is 1110. The van der Waals surface area contributed by atoms with Gasteiger partial charge in [-0.3, -0.25) is 0 Å². The van der Waals surface area contributed by atoms with Crippen LogP contribution in [0, 0.1) is 6.92 Å². The number of nitrogens with zero attached hydrogens (tertiary/aromatic N) is 1. The lowest BCUT2D eigenvalue weighted by molar-refractivity contribution is -0.0328. The first-order valence-corrected chi connectivity index (χ1v) is 10.1. The van der Waals surface area contributed by atoms with E-state index in [9.17, 15) is 21.6 Å². The zero-order valence-corrected chi connectivity index (χ0v) is 16.4. The fourth-order valence-electron chi connectivity index (χ4n) is 2.72. The average Bonchev–Trinajstić information content (AvgIpc) is 2.88. The van der Waals surface area contributed by atoms with Crippen LogP contribution in [0.25, 0.3) is 10.9 Å². The second-order valence-corrected chi connectivity index (χ2v) is 8.95. The average molecular weight is 436 g/mol. The third kappa shape index (κ3) is 3.90. The SMILES string of the molecule is COc1cc2cc(C)n(S(=O)(=O)c3ccc(SC(F)(F)F)cc3)c2cc1Cl. The maximum absolute atomic E-state index is 13.1. The number of ether oxygens (including phenoxy) is 1. The van der Waals surface area contributed by atoms with Crippen molar-refractivity contribution in [3.63, 3.8) is 0 Å². The van der Waals surface area contributed by atoms with Gasteiger partial charge in [0.1, 0.15) is 5.75 Å². The molecule has 2 aromatic carbocycles. The van der Waals surface area contributed by atoms with Gasteiger partial charge in [-0.05, 0) is 61.2 Å². The number of hydrogen-bond acceptors (Lipinski definition) is 4. The fraction of sp³-hybridized carbons (Fsp3) is 0.176. The molecule has 0 spiro atoms. The molecule has 3 aromatic rings. The van der Waals surface area contributed by atoms with Crippen molar-refractivity contribution in [3.05, 3.63) is 53.2 Å². The van der Waals surface area contributed by atoms with Crippen molar-refractivity contribution in [3.8, 4) is 5.75 Å². The van der Waals surface area contributed by atoms with Gasteiger partial charge in [0.25, 0.3) is 10.0 Å². The van der Waals surface area contributed by atoms with E-state index in [-0.39, 0.29) is 26.6 Å². The minimum atomic E-state index is -4.44. The maximum atomic E-state index is 13.1. The number of fused-ring (bicyclic) bond motifs is 1. The summed E-state index contributed by atoms with van der Waals surface area (Å²) in [4.78, 5) is -0.218. The Hall–Kier alpha value is -1.84. The van der Waals surface area contributed by atoms with E-state index in [2.05, 4.69) is 0 Å². The summed E-state index contributed by atoms with van der Waals surface area (Å²) in [7, 11) is -2.57. The summed E-state index contributed by atoms with van der Waals surface area (Å²) in [5.41, 5.74) is -3.65. The molecule has 4 nitrogen and oxygen atoms in total. The van der Waals surface area contributed by atoms with Crippen LogP contribution in [0.1, 0.15) is 5.69 Å². The summed E-state index contributed by atoms with van der Waals surface area (Å²) in [6, 6.07) is 9.33. The summed E-state index contributed by atoms with van der Waals surface area (Å²) in [6.45, 7) is 1.62. The zero-order chi connectivity index (χ0) is 20.0. The third-order valence-corrected chi connectivity index (χ3v) is 6.67. The van der Waals surface area contributed by atoms with Crippen LogP contribution in [0.3, 0.4) is 0 Å². The van der Waals surface area contributed by atoms with Crippen LogP contribution in [0.4, 0.5) is 13.2 Å². The lowest BCUT2D eigenvalue weighted by atomic mass is 10.2. The molecule has 0 saturated heterocycles. The molecule has 0 amide bonds. The van der Waals surface area contributed by atoms with Crippen molar-refractivity contribution in [1.82, 2.24) is 3.97 Å². The molecule has 10 heteroatoms. The quantitative estimate of drug-likeness (QED) is 0.510.